The summed E-state index contributed by atoms with van der Waals surface area (Å²) in [6.07, 6.45) is 3.73. The van der Waals surface area contributed by atoms with E-state index < -0.39 is 5.41 Å². The van der Waals surface area contributed by atoms with Gasteiger partial charge < -0.3 is 14.4 Å². The third-order valence-electron chi connectivity index (χ3n) is 12.7. The quantitative estimate of drug-likeness (QED) is 0.153. The fraction of sp³-hybridized carbons (Fsp3) is 0.0167. The highest BCUT2D eigenvalue weighted by Gasteiger charge is 2.48. The van der Waals surface area contributed by atoms with Crippen molar-refractivity contribution in [3.8, 4) is 67.5 Å². The smallest absolute Gasteiger partial charge is 0.178 e. The van der Waals surface area contributed by atoms with Gasteiger partial charge >= 0.3 is 0 Å². The Balaban J connectivity index is 1.02. The lowest BCUT2D eigenvalue weighted by atomic mass is 9.67. The Bertz CT molecular complexity index is 3200. The van der Waals surface area contributed by atoms with Crippen LogP contribution in [0.3, 0.4) is 0 Å². The van der Waals surface area contributed by atoms with Gasteiger partial charge in [-0.05, 0) is 122 Å². The number of hydrogen-bond acceptors (Lipinski definition) is 4. The van der Waals surface area contributed by atoms with Gasteiger partial charge in [0.1, 0.15) is 0 Å². The Morgan fingerprint density at radius 1 is 0.344 bits per heavy atom. The van der Waals surface area contributed by atoms with Crippen molar-refractivity contribution in [2.45, 2.75) is 5.41 Å². The van der Waals surface area contributed by atoms with Crippen molar-refractivity contribution in [3.05, 3.63) is 265 Å². The van der Waals surface area contributed by atoms with Gasteiger partial charge in [-0.15, -0.1) is 0 Å². The molecule has 0 saturated heterocycles. The monoisotopic (exact) mass is 820 g/mol. The normalized spacial score (nSPS) is 14.2. The molecule has 302 valence electrons. The standard InChI is InChI=1S/C60H40N2O2/c1-3-12-41(13-4-1)43-23-31-49(32-24-43)62(50-33-25-44(26-34-50)42-14-5-2-6-15-42)51-35-29-48(30-36-51)60(47-27-21-45(22-28-47)46-16-11-39-61-40-46)53-18-8-7-17-52(53)58-54(60)37-38-57-59(58)64-56-20-10-9-19-55(56)63-57/h1-40H. The second-order valence-corrected chi connectivity index (χ2v) is 16.3. The van der Waals surface area contributed by atoms with Gasteiger partial charge in [-0.1, -0.05) is 170 Å². The Kier molecular flexibility index (Phi) is 9.01. The number of hydrogen-bond donors (Lipinski definition) is 0. The average molecular weight is 821 g/mol. The molecule has 0 spiro atoms. The van der Waals surface area contributed by atoms with E-state index in [4.69, 9.17) is 9.47 Å². The van der Waals surface area contributed by atoms with Crippen molar-refractivity contribution in [2.75, 3.05) is 4.90 Å². The molecule has 10 aromatic rings. The molecule has 1 unspecified atom stereocenters. The molecule has 1 aliphatic heterocycles. The highest BCUT2D eigenvalue weighted by atomic mass is 16.6. The molecule has 4 heteroatoms. The molecule has 0 fully saturated rings. The van der Waals surface area contributed by atoms with Crippen LogP contribution in [-0.4, -0.2) is 4.98 Å². The summed E-state index contributed by atoms with van der Waals surface area (Å²) in [6.45, 7) is 0. The number of benzene rings is 9. The Hall–Kier alpha value is -8.47. The van der Waals surface area contributed by atoms with Crippen molar-refractivity contribution in [1.82, 2.24) is 4.98 Å². The van der Waals surface area contributed by atoms with Gasteiger partial charge in [0.2, 0.25) is 0 Å². The largest absolute Gasteiger partial charge is 0.449 e. The lowest BCUT2D eigenvalue weighted by molar-refractivity contribution is 0.360. The summed E-state index contributed by atoms with van der Waals surface area (Å²) in [7, 11) is 0. The first-order valence-corrected chi connectivity index (χ1v) is 21.7. The zero-order valence-electron chi connectivity index (χ0n) is 34.8. The van der Waals surface area contributed by atoms with E-state index in [9.17, 15) is 0 Å². The summed E-state index contributed by atoms with van der Waals surface area (Å²) in [5, 5.41) is 0. The van der Waals surface area contributed by atoms with Gasteiger partial charge in [-0.2, -0.15) is 0 Å². The molecular weight excluding hydrogens is 781 g/mol. The highest BCUT2D eigenvalue weighted by molar-refractivity contribution is 5.92. The van der Waals surface area contributed by atoms with Gasteiger partial charge in [-0.25, -0.2) is 0 Å². The molecule has 2 heterocycles. The molecule has 12 rings (SSSR count). The molecule has 9 aromatic carbocycles. The molecule has 2 aliphatic rings. The first kappa shape index (κ1) is 37.3. The van der Waals surface area contributed by atoms with Crippen LogP contribution < -0.4 is 14.4 Å². The number of rotatable bonds is 8. The van der Waals surface area contributed by atoms with Crippen molar-refractivity contribution >= 4 is 17.1 Å². The van der Waals surface area contributed by atoms with Crippen molar-refractivity contribution in [2.24, 2.45) is 0 Å². The van der Waals surface area contributed by atoms with E-state index in [1.165, 1.54) is 27.8 Å². The maximum Gasteiger partial charge on any atom is 0.178 e. The van der Waals surface area contributed by atoms with Crippen LogP contribution in [0.15, 0.2) is 243 Å². The van der Waals surface area contributed by atoms with Crippen molar-refractivity contribution in [1.29, 1.82) is 0 Å². The van der Waals surface area contributed by atoms with Gasteiger partial charge in [0.15, 0.2) is 23.0 Å². The van der Waals surface area contributed by atoms with Crippen LogP contribution >= 0.6 is 0 Å². The zero-order chi connectivity index (χ0) is 42.5. The fourth-order valence-corrected chi connectivity index (χ4v) is 9.76. The van der Waals surface area contributed by atoms with Gasteiger partial charge in [-0.3, -0.25) is 4.98 Å². The summed E-state index contributed by atoms with van der Waals surface area (Å²) in [5.41, 5.74) is 16.2. The van der Waals surface area contributed by atoms with Crippen LogP contribution in [0.1, 0.15) is 22.3 Å². The third kappa shape index (κ3) is 6.19. The van der Waals surface area contributed by atoms with E-state index >= 15 is 0 Å². The first-order valence-electron chi connectivity index (χ1n) is 21.7. The number of para-hydroxylation sites is 2. The summed E-state index contributed by atoms with van der Waals surface area (Å²) in [4.78, 5) is 6.76. The molecule has 4 nitrogen and oxygen atoms in total. The molecule has 0 N–H and O–H groups in total. The van der Waals surface area contributed by atoms with Crippen molar-refractivity contribution < 1.29 is 9.47 Å². The highest BCUT2D eigenvalue weighted by Crippen LogP contribution is 2.62. The molecule has 64 heavy (non-hydrogen) atoms. The summed E-state index contributed by atoms with van der Waals surface area (Å²) in [6, 6.07) is 82.0. The van der Waals surface area contributed by atoms with Crippen LogP contribution in [-0.2, 0) is 5.41 Å². The van der Waals surface area contributed by atoms with Gasteiger partial charge in [0.05, 0.1) is 5.41 Å². The van der Waals surface area contributed by atoms with E-state index in [2.05, 4.69) is 210 Å². The van der Waals surface area contributed by atoms with E-state index in [0.29, 0.717) is 17.2 Å². The molecule has 0 radical (unpaired) electrons. The van der Waals surface area contributed by atoms with Crippen LogP contribution in [0, 0.1) is 0 Å². The summed E-state index contributed by atoms with van der Waals surface area (Å²) < 4.78 is 13.3. The molecule has 1 aromatic heterocycles. The maximum absolute atomic E-state index is 6.80. The van der Waals surface area contributed by atoms with Gasteiger partial charge in [0.25, 0.3) is 0 Å². The van der Waals surface area contributed by atoms with Crippen molar-refractivity contribution in [3.63, 3.8) is 0 Å². The first-order chi connectivity index (χ1) is 31.7. The van der Waals surface area contributed by atoms with Crippen LogP contribution in [0.5, 0.6) is 23.0 Å². The van der Waals surface area contributed by atoms with E-state index in [0.717, 1.165) is 61.8 Å². The zero-order valence-corrected chi connectivity index (χ0v) is 34.8. The predicted octanol–water partition coefficient (Wildman–Crippen LogP) is 15.8. The minimum absolute atomic E-state index is 0.688. The number of ether oxygens (including phenoxy) is 2. The van der Waals surface area contributed by atoms with Gasteiger partial charge in [0, 0.05) is 35.0 Å². The SMILES string of the molecule is c1ccc(-c2ccc(N(c3ccc(-c4ccccc4)cc3)c3ccc(C4(c5ccc(-c6cccnc6)cc5)c5ccccc5-c5c4ccc4c5Oc5ccccc5O4)cc3)cc2)cc1. The summed E-state index contributed by atoms with van der Waals surface area (Å²) >= 11 is 0. The second kappa shape index (κ2) is 15.5. The average Bonchev–Trinajstić information content (AvgIpc) is 3.69. The fourth-order valence-electron chi connectivity index (χ4n) is 9.76. The Morgan fingerprint density at radius 2 is 0.812 bits per heavy atom. The lowest BCUT2D eigenvalue weighted by Gasteiger charge is -2.35. The third-order valence-corrected chi connectivity index (χ3v) is 12.7. The molecule has 1 aliphatic carbocycles. The topological polar surface area (TPSA) is 34.6 Å². The van der Waals surface area contributed by atoms with Crippen LogP contribution in [0.25, 0.3) is 44.5 Å². The predicted molar refractivity (Wildman–Crippen MR) is 259 cm³/mol. The minimum atomic E-state index is -0.688. The Labute approximate surface area is 373 Å². The molecule has 0 bridgehead atoms. The maximum atomic E-state index is 6.80. The van der Waals surface area contributed by atoms with Crippen LogP contribution in [0.2, 0.25) is 0 Å². The summed E-state index contributed by atoms with van der Waals surface area (Å²) in [5.74, 6) is 2.86. The van der Waals surface area contributed by atoms with E-state index in [-0.39, 0.29) is 0 Å². The van der Waals surface area contributed by atoms with E-state index in [1.807, 2.05) is 42.7 Å². The molecule has 1 atom stereocenters. The van der Waals surface area contributed by atoms with Crippen LogP contribution in [0.4, 0.5) is 17.1 Å². The number of nitrogens with zero attached hydrogens (tertiary/aromatic N) is 2. The molecule has 0 amide bonds. The molecule has 0 saturated carbocycles. The lowest BCUT2D eigenvalue weighted by Crippen LogP contribution is -2.28. The minimum Gasteiger partial charge on any atom is -0.449 e. The van der Waals surface area contributed by atoms with E-state index in [1.54, 1.807) is 0 Å². The number of anilines is 3. The molecular formula is C60H40N2O2. The Morgan fingerprint density at radius 3 is 1.41 bits per heavy atom. The second-order valence-electron chi connectivity index (χ2n) is 16.3. The number of aromatic nitrogens is 1. The number of pyridine rings is 1. The number of fused-ring (bicyclic) bond motifs is 6.